The molecule has 0 saturated heterocycles. The van der Waals surface area contributed by atoms with Crippen LogP contribution in [0, 0.1) is 17.3 Å². The van der Waals surface area contributed by atoms with E-state index >= 15 is 0 Å². The molecule has 2 fully saturated rings. The van der Waals surface area contributed by atoms with Crippen molar-refractivity contribution in [2.75, 3.05) is 0 Å². The Labute approximate surface area is 97.1 Å². The molecular formula is C11H21N3S. The minimum Gasteiger partial charge on any atom is -0.356 e. The summed E-state index contributed by atoms with van der Waals surface area (Å²) in [7, 11) is 0. The average Bonchev–Trinajstić information content (AvgIpc) is 2.70. The fourth-order valence-corrected chi connectivity index (χ4v) is 3.86. The molecule has 4 heteroatoms. The maximum Gasteiger partial charge on any atom is 0.181 e. The van der Waals surface area contributed by atoms with Crippen molar-refractivity contribution in [2.45, 2.75) is 45.6 Å². The van der Waals surface area contributed by atoms with Gasteiger partial charge in [0.2, 0.25) is 0 Å². The van der Waals surface area contributed by atoms with Crippen LogP contribution in [0.25, 0.3) is 0 Å². The number of thiocarbonyl (C=S) groups is 1. The van der Waals surface area contributed by atoms with Crippen LogP contribution in [0.4, 0.5) is 0 Å². The Morgan fingerprint density at radius 3 is 2.33 bits per heavy atom. The lowest BCUT2D eigenvalue weighted by molar-refractivity contribution is 0.0833. The molecule has 2 bridgehead atoms. The molecule has 4 N–H and O–H groups in total. The van der Waals surface area contributed by atoms with E-state index in [4.69, 9.17) is 18.1 Å². The van der Waals surface area contributed by atoms with Crippen molar-refractivity contribution < 1.29 is 0 Å². The van der Waals surface area contributed by atoms with Gasteiger partial charge in [0.15, 0.2) is 5.11 Å². The molecule has 2 aliphatic carbocycles. The van der Waals surface area contributed by atoms with Gasteiger partial charge in [-0.2, -0.15) is 0 Å². The summed E-state index contributed by atoms with van der Waals surface area (Å²) in [5.74, 6) is 6.92. The van der Waals surface area contributed by atoms with E-state index in [9.17, 15) is 0 Å². The number of rotatable bonds is 1. The molecule has 86 valence electrons. The van der Waals surface area contributed by atoms with E-state index < -0.39 is 0 Å². The predicted molar refractivity (Wildman–Crippen MR) is 66.1 cm³/mol. The van der Waals surface area contributed by atoms with Crippen LogP contribution in [0.1, 0.15) is 40.0 Å². The van der Waals surface area contributed by atoms with Crippen LogP contribution in [-0.4, -0.2) is 10.7 Å². The number of nitrogens with one attached hydrogen (secondary N) is 2. The fraction of sp³-hybridized carbons (Fsp3) is 0.909. The van der Waals surface area contributed by atoms with Crippen LogP contribution in [0.15, 0.2) is 0 Å². The van der Waals surface area contributed by atoms with Crippen molar-refractivity contribution in [3.63, 3.8) is 0 Å². The highest BCUT2D eigenvalue weighted by molar-refractivity contribution is 7.80. The first kappa shape index (κ1) is 11.1. The third-order valence-electron chi connectivity index (χ3n) is 5.11. The summed E-state index contributed by atoms with van der Waals surface area (Å²) >= 11 is 5.13. The van der Waals surface area contributed by atoms with E-state index in [0.717, 1.165) is 11.8 Å². The Bertz CT molecular complexity index is 290. The van der Waals surface area contributed by atoms with Crippen LogP contribution in [-0.2, 0) is 0 Å². The monoisotopic (exact) mass is 227 g/mol. The van der Waals surface area contributed by atoms with E-state index in [1.807, 2.05) is 0 Å². The highest BCUT2D eigenvalue weighted by atomic mass is 32.1. The zero-order valence-electron chi connectivity index (χ0n) is 9.76. The van der Waals surface area contributed by atoms with Gasteiger partial charge < -0.3 is 10.7 Å². The van der Waals surface area contributed by atoms with E-state index in [-0.39, 0.29) is 5.54 Å². The molecule has 0 heterocycles. The van der Waals surface area contributed by atoms with Gasteiger partial charge >= 0.3 is 0 Å². The summed E-state index contributed by atoms with van der Waals surface area (Å²) in [4.78, 5) is 0. The topological polar surface area (TPSA) is 50.1 Å². The molecule has 0 aromatic rings. The first-order valence-electron chi connectivity index (χ1n) is 5.70. The van der Waals surface area contributed by atoms with Crippen molar-refractivity contribution in [1.82, 2.24) is 10.7 Å². The summed E-state index contributed by atoms with van der Waals surface area (Å²) in [5.41, 5.74) is 2.93. The molecule has 15 heavy (non-hydrogen) atoms. The van der Waals surface area contributed by atoms with Crippen molar-refractivity contribution in [3.8, 4) is 0 Å². The lowest BCUT2D eigenvalue weighted by Crippen LogP contribution is -2.61. The van der Waals surface area contributed by atoms with Crippen molar-refractivity contribution in [1.29, 1.82) is 0 Å². The molecule has 0 amide bonds. The Balaban J connectivity index is 2.23. The lowest BCUT2D eigenvalue weighted by atomic mass is 9.64. The molecular weight excluding hydrogens is 206 g/mol. The molecule has 2 aliphatic rings. The Hall–Kier alpha value is -0.350. The van der Waals surface area contributed by atoms with Crippen LogP contribution >= 0.6 is 12.2 Å². The summed E-state index contributed by atoms with van der Waals surface area (Å²) in [6, 6.07) is 0. The molecule has 0 radical (unpaired) electrons. The summed E-state index contributed by atoms with van der Waals surface area (Å²) in [5, 5.41) is 3.99. The Morgan fingerprint density at radius 1 is 1.27 bits per heavy atom. The number of hydrogen-bond donors (Lipinski definition) is 3. The maximum absolute atomic E-state index is 5.34. The minimum atomic E-state index is 0.0966. The van der Waals surface area contributed by atoms with E-state index in [1.165, 1.54) is 19.3 Å². The fourth-order valence-electron chi connectivity index (χ4n) is 3.65. The standard InChI is InChI=1S/C11H21N3S/c1-10(2)7-4-5-8(6-7)11(10,3)13-9(15)14-12/h7-8H,4-6,12H2,1-3H3,(H2,13,14,15)/t7-,8-,11+/m0/s1. The SMILES string of the molecule is CC1(C)[C@H]2CC[C@@H](C2)[C@@]1(C)NC(=S)NN. The van der Waals surface area contributed by atoms with Gasteiger partial charge in [-0.15, -0.1) is 0 Å². The Morgan fingerprint density at radius 2 is 1.87 bits per heavy atom. The number of hydrogen-bond acceptors (Lipinski definition) is 2. The molecule has 0 spiro atoms. The normalized spacial score (nSPS) is 41.6. The molecule has 0 aliphatic heterocycles. The Kier molecular flexibility index (Phi) is 2.47. The van der Waals surface area contributed by atoms with Gasteiger partial charge in [-0.05, 0) is 55.7 Å². The first-order valence-corrected chi connectivity index (χ1v) is 6.11. The lowest BCUT2D eigenvalue weighted by Gasteiger charge is -2.48. The summed E-state index contributed by atoms with van der Waals surface area (Å²) in [6.45, 7) is 6.99. The largest absolute Gasteiger partial charge is 0.356 e. The average molecular weight is 227 g/mol. The van der Waals surface area contributed by atoms with Crippen LogP contribution in [0.5, 0.6) is 0 Å². The summed E-state index contributed by atoms with van der Waals surface area (Å²) in [6.07, 6.45) is 4.03. The predicted octanol–water partition coefficient (Wildman–Crippen LogP) is 1.54. The maximum atomic E-state index is 5.34. The second-order valence-electron chi connectivity index (χ2n) is 5.73. The van der Waals surface area contributed by atoms with Crippen LogP contribution < -0.4 is 16.6 Å². The summed E-state index contributed by atoms with van der Waals surface area (Å²) < 4.78 is 0. The molecule has 0 unspecified atom stereocenters. The van der Waals surface area contributed by atoms with Crippen molar-refractivity contribution in [3.05, 3.63) is 0 Å². The van der Waals surface area contributed by atoms with Crippen LogP contribution in [0.3, 0.4) is 0 Å². The molecule has 0 aromatic carbocycles. The second kappa shape index (κ2) is 3.32. The third kappa shape index (κ3) is 1.38. The van der Waals surface area contributed by atoms with Gasteiger partial charge in [0, 0.05) is 5.54 Å². The molecule has 3 nitrogen and oxygen atoms in total. The quantitative estimate of drug-likeness (QED) is 0.361. The number of hydrazine groups is 1. The highest BCUT2D eigenvalue weighted by Gasteiger charge is 2.60. The second-order valence-corrected chi connectivity index (χ2v) is 6.14. The van der Waals surface area contributed by atoms with Gasteiger partial charge in [-0.3, -0.25) is 0 Å². The minimum absolute atomic E-state index is 0.0966. The van der Waals surface area contributed by atoms with Gasteiger partial charge in [-0.1, -0.05) is 13.8 Å². The van der Waals surface area contributed by atoms with Gasteiger partial charge in [0.25, 0.3) is 0 Å². The highest BCUT2D eigenvalue weighted by Crippen LogP contribution is 2.61. The smallest absolute Gasteiger partial charge is 0.181 e. The zero-order valence-corrected chi connectivity index (χ0v) is 10.6. The number of fused-ring (bicyclic) bond motifs is 2. The van der Waals surface area contributed by atoms with E-state index in [1.54, 1.807) is 0 Å². The van der Waals surface area contributed by atoms with Gasteiger partial charge in [-0.25, -0.2) is 5.84 Å². The molecule has 0 aromatic heterocycles. The van der Waals surface area contributed by atoms with Gasteiger partial charge in [0.05, 0.1) is 0 Å². The third-order valence-corrected chi connectivity index (χ3v) is 5.33. The van der Waals surface area contributed by atoms with Crippen molar-refractivity contribution in [2.24, 2.45) is 23.1 Å². The van der Waals surface area contributed by atoms with E-state index in [0.29, 0.717) is 10.5 Å². The zero-order chi connectivity index (χ0) is 11.3. The molecule has 2 saturated carbocycles. The number of nitrogens with two attached hydrogens (primary N) is 1. The molecule has 3 atom stereocenters. The molecule has 2 rings (SSSR count). The van der Waals surface area contributed by atoms with Crippen molar-refractivity contribution >= 4 is 17.3 Å². The van der Waals surface area contributed by atoms with E-state index in [2.05, 4.69) is 31.5 Å². The van der Waals surface area contributed by atoms with Crippen LogP contribution in [0.2, 0.25) is 0 Å². The first-order chi connectivity index (χ1) is 6.91. The van der Waals surface area contributed by atoms with Gasteiger partial charge in [0.1, 0.15) is 0 Å².